The lowest BCUT2D eigenvalue weighted by Gasteiger charge is -2.27. The molecular weight excluding hydrogens is 626 g/mol. The number of aromatic nitrogens is 3. The number of carbonyl (C=O) groups excluding carboxylic acids is 4. The van der Waals surface area contributed by atoms with Crippen LogP contribution in [0.4, 0.5) is 0 Å². The van der Waals surface area contributed by atoms with Crippen molar-refractivity contribution in [3.05, 3.63) is 71.5 Å². The lowest BCUT2D eigenvalue weighted by molar-refractivity contribution is -0.134. The van der Waals surface area contributed by atoms with Gasteiger partial charge in [0, 0.05) is 24.9 Å². The molecule has 0 radical (unpaired) electrons. The fraction of sp³-hybridized carbons (Fsp3) is 0.438. The number of nitrogens with zero attached hydrogens (tertiary/aromatic N) is 3. The van der Waals surface area contributed by atoms with Gasteiger partial charge >= 0.3 is 0 Å². The van der Waals surface area contributed by atoms with E-state index in [2.05, 4.69) is 31.6 Å². The summed E-state index contributed by atoms with van der Waals surface area (Å²) in [6.07, 6.45) is 3.22. The maximum Gasteiger partial charge on any atom is 0.252 e. The zero-order chi connectivity index (χ0) is 33.8. The fourth-order valence-electron chi connectivity index (χ4n) is 4.89. The molecule has 2 aromatic carbocycles. The Balaban J connectivity index is 1.63. The number of fused-ring (bicyclic) bond motifs is 4. The van der Waals surface area contributed by atoms with Crippen LogP contribution < -0.4 is 30.7 Å². The summed E-state index contributed by atoms with van der Waals surface area (Å²) < 4.78 is 13.0. The summed E-state index contributed by atoms with van der Waals surface area (Å²) in [5.41, 5.74) is 1.55. The minimum atomic E-state index is -1.42. The molecule has 0 unspecified atom stereocenters. The average Bonchev–Trinajstić information content (AvgIpc) is 3.53. The highest BCUT2D eigenvalue weighted by molar-refractivity contribution is 7.98. The summed E-state index contributed by atoms with van der Waals surface area (Å²) in [7, 11) is 1.49. The van der Waals surface area contributed by atoms with E-state index in [0.717, 1.165) is 5.56 Å². The van der Waals surface area contributed by atoms with Crippen molar-refractivity contribution in [3.63, 3.8) is 0 Å². The molecule has 0 saturated heterocycles. The van der Waals surface area contributed by atoms with Crippen LogP contribution in [-0.2, 0) is 33.9 Å². The van der Waals surface area contributed by atoms with E-state index in [-0.39, 0.29) is 31.6 Å². The van der Waals surface area contributed by atoms with Gasteiger partial charge in [0.15, 0.2) is 11.5 Å². The molecule has 15 heteroatoms. The van der Waals surface area contributed by atoms with Crippen molar-refractivity contribution in [3.8, 4) is 11.5 Å². The number of benzene rings is 2. The van der Waals surface area contributed by atoms with Gasteiger partial charge in [0.1, 0.15) is 23.8 Å². The van der Waals surface area contributed by atoms with E-state index in [1.807, 2.05) is 36.6 Å². The van der Waals surface area contributed by atoms with E-state index >= 15 is 0 Å². The molecule has 14 nitrogen and oxygen atoms in total. The van der Waals surface area contributed by atoms with Crippen LogP contribution in [0.1, 0.15) is 41.4 Å². The number of nitrogens with one attached hydrogen (secondary N) is 4. The number of ether oxygens (including phenoxy) is 2. The van der Waals surface area contributed by atoms with Crippen molar-refractivity contribution < 1.29 is 33.8 Å². The molecule has 2 heterocycles. The van der Waals surface area contributed by atoms with E-state index in [4.69, 9.17) is 9.47 Å². The van der Waals surface area contributed by atoms with Gasteiger partial charge < -0.3 is 35.8 Å². The Morgan fingerprint density at radius 3 is 2.55 bits per heavy atom. The Bertz CT molecular complexity index is 1520. The molecule has 0 spiro atoms. The molecule has 1 aromatic heterocycles. The SMILES string of the molecule is COc1ccc2cc1OCCCn1cc(nn1)CNC(=O)[C@H](Cc1ccccc1)NC(=O)[C@H]([C@@H](C)O)NC(=O)[C@H](CCSC)NC2=O. The molecular formula is C32H41N7O7S. The molecule has 4 bridgehead atoms. The Hall–Kier alpha value is -4.63. The highest BCUT2D eigenvalue weighted by Crippen LogP contribution is 2.28. The maximum absolute atomic E-state index is 13.6. The number of hydrogen-bond donors (Lipinski definition) is 5. The first-order valence-corrected chi connectivity index (χ1v) is 16.7. The van der Waals surface area contributed by atoms with Gasteiger partial charge in [0.2, 0.25) is 17.7 Å². The van der Waals surface area contributed by atoms with Gasteiger partial charge in [-0.25, -0.2) is 0 Å². The minimum Gasteiger partial charge on any atom is -0.493 e. The fourth-order valence-corrected chi connectivity index (χ4v) is 5.37. The van der Waals surface area contributed by atoms with E-state index < -0.39 is 47.9 Å². The highest BCUT2D eigenvalue weighted by atomic mass is 32.2. The first-order chi connectivity index (χ1) is 22.7. The van der Waals surface area contributed by atoms with Gasteiger partial charge in [-0.05, 0) is 49.1 Å². The first-order valence-electron chi connectivity index (χ1n) is 15.3. The van der Waals surface area contributed by atoms with Crippen LogP contribution in [0.5, 0.6) is 11.5 Å². The molecule has 1 aliphatic heterocycles. The van der Waals surface area contributed by atoms with Gasteiger partial charge in [-0.2, -0.15) is 11.8 Å². The maximum atomic E-state index is 13.6. The molecule has 4 rings (SSSR count). The second-order valence-corrected chi connectivity index (χ2v) is 12.0. The topological polar surface area (TPSA) is 186 Å². The Kier molecular flexibility index (Phi) is 13.0. The van der Waals surface area contributed by atoms with Crippen molar-refractivity contribution in [2.45, 2.75) is 63.5 Å². The monoisotopic (exact) mass is 667 g/mol. The van der Waals surface area contributed by atoms with Gasteiger partial charge in [-0.3, -0.25) is 23.9 Å². The lowest BCUT2D eigenvalue weighted by atomic mass is 10.0. The smallest absolute Gasteiger partial charge is 0.252 e. The van der Waals surface area contributed by atoms with Crippen LogP contribution in [0.3, 0.4) is 0 Å². The largest absolute Gasteiger partial charge is 0.493 e. The van der Waals surface area contributed by atoms with E-state index in [0.29, 0.717) is 35.9 Å². The number of aliphatic hydroxyl groups excluding tert-OH is 1. The predicted molar refractivity (Wildman–Crippen MR) is 175 cm³/mol. The third kappa shape index (κ3) is 10.2. The number of aryl methyl sites for hydroxylation is 1. The molecule has 4 amide bonds. The highest BCUT2D eigenvalue weighted by Gasteiger charge is 2.32. The first kappa shape index (κ1) is 35.2. The van der Waals surface area contributed by atoms with Gasteiger partial charge in [0.05, 0.1) is 32.6 Å². The van der Waals surface area contributed by atoms with Gasteiger partial charge in [0.25, 0.3) is 5.91 Å². The number of aliphatic hydroxyl groups is 1. The second-order valence-electron chi connectivity index (χ2n) is 11.0. The number of methoxy groups -OCH3 is 1. The number of rotatable bonds is 7. The molecule has 4 atom stereocenters. The minimum absolute atomic E-state index is 0.0634. The Morgan fingerprint density at radius 1 is 1.04 bits per heavy atom. The second kappa shape index (κ2) is 17.3. The quantitative estimate of drug-likeness (QED) is 0.242. The molecule has 47 heavy (non-hydrogen) atoms. The summed E-state index contributed by atoms with van der Waals surface area (Å²) in [4.78, 5) is 53.8. The van der Waals surface area contributed by atoms with Crippen molar-refractivity contribution in [1.29, 1.82) is 0 Å². The molecule has 5 N–H and O–H groups in total. The summed E-state index contributed by atoms with van der Waals surface area (Å²) >= 11 is 1.49. The van der Waals surface area contributed by atoms with Crippen LogP contribution in [-0.4, -0.2) is 93.7 Å². The summed E-state index contributed by atoms with van der Waals surface area (Å²) in [6, 6.07) is 10.4. The Labute approximate surface area is 277 Å². The van der Waals surface area contributed by atoms with Crippen LogP contribution >= 0.6 is 11.8 Å². The number of carbonyl (C=O) groups is 4. The Morgan fingerprint density at radius 2 is 1.83 bits per heavy atom. The number of thioether (sulfide) groups is 1. The van der Waals surface area contributed by atoms with E-state index in [9.17, 15) is 24.3 Å². The van der Waals surface area contributed by atoms with Crippen LogP contribution in [0, 0.1) is 0 Å². The van der Waals surface area contributed by atoms with E-state index in [1.165, 1.54) is 25.8 Å². The standard InChI is InChI=1S/C32H41N7O7S/c1-20(40)28-32(44)35-25(16-21-8-5-4-6-9-21)30(42)33-18-23-19-39(38-37-23)13-7-14-46-27-17-22(10-11-26(27)45-2)29(41)34-24(12-15-47-3)31(43)36-28/h4-6,8-11,17,19-20,24-25,28,40H,7,12-16,18H2,1-3H3,(H,33,42)(H,34,41)(H,35,44)(H,36,43)/t20-,24+,25+,28+/m1/s1. The predicted octanol–water partition coefficient (Wildman–Crippen LogP) is 0.830. The van der Waals surface area contributed by atoms with Crippen molar-refractivity contribution >= 4 is 35.4 Å². The molecule has 0 aliphatic carbocycles. The average molecular weight is 668 g/mol. The number of hydrogen-bond acceptors (Lipinski definition) is 10. The van der Waals surface area contributed by atoms with Crippen molar-refractivity contribution in [2.75, 3.05) is 25.7 Å². The molecule has 1 aliphatic rings. The lowest BCUT2D eigenvalue weighted by Crippen LogP contribution is -2.60. The zero-order valence-corrected chi connectivity index (χ0v) is 27.4. The van der Waals surface area contributed by atoms with Crippen molar-refractivity contribution in [2.24, 2.45) is 0 Å². The van der Waals surface area contributed by atoms with Crippen LogP contribution in [0.2, 0.25) is 0 Å². The third-order valence-corrected chi connectivity index (χ3v) is 8.10. The third-order valence-electron chi connectivity index (χ3n) is 7.46. The van der Waals surface area contributed by atoms with E-state index in [1.54, 1.807) is 29.1 Å². The van der Waals surface area contributed by atoms with Crippen LogP contribution in [0.15, 0.2) is 54.7 Å². The molecule has 0 saturated carbocycles. The van der Waals surface area contributed by atoms with Crippen LogP contribution in [0.25, 0.3) is 0 Å². The molecule has 0 fully saturated rings. The zero-order valence-electron chi connectivity index (χ0n) is 26.6. The normalized spacial score (nSPS) is 20.6. The van der Waals surface area contributed by atoms with Crippen molar-refractivity contribution in [1.82, 2.24) is 36.3 Å². The molecule has 252 valence electrons. The summed E-state index contributed by atoms with van der Waals surface area (Å²) in [5, 5.41) is 29.7. The summed E-state index contributed by atoms with van der Waals surface area (Å²) in [6.45, 7) is 2.18. The van der Waals surface area contributed by atoms with Gasteiger partial charge in [-0.1, -0.05) is 35.5 Å². The number of amides is 4. The molecule has 3 aromatic rings. The van der Waals surface area contributed by atoms with Gasteiger partial charge in [-0.15, -0.1) is 5.10 Å². The summed E-state index contributed by atoms with van der Waals surface area (Å²) in [5.74, 6) is -1.12.